The molecule has 1 fully saturated rings. The number of aryl methyl sites for hydroxylation is 2. The van der Waals surface area contributed by atoms with Gasteiger partial charge in [-0.05, 0) is 61.2 Å². The molecule has 2 aromatic rings. The molecule has 2 amide bonds. The van der Waals surface area contributed by atoms with Crippen LogP contribution in [0.5, 0.6) is 0 Å². The van der Waals surface area contributed by atoms with Crippen LogP contribution in [0.4, 0.5) is 10.5 Å². The van der Waals surface area contributed by atoms with Crippen molar-refractivity contribution >= 4 is 29.5 Å². The van der Waals surface area contributed by atoms with E-state index >= 15 is 0 Å². The molecule has 1 aliphatic heterocycles. The minimum atomic E-state index is -0.436. The van der Waals surface area contributed by atoms with E-state index in [2.05, 4.69) is 5.32 Å². The van der Waals surface area contributed by atoms with Crippen LogP contribution in [0, 0.1) is 0 Å². The number of carbonyl (C=O) groups excluding carboxylic acids is 3. The quantitative estimate of drug-likeness (QED) is 0.624. The minimum absolute atomic E-state index is 0.0442. The zero-order valence-corrected chi connectivity index (χ0v) is 17.2. The Morgan fingerprint density at radius 2 is 2.10 bits per heavy atom. The maximum Gasteiger partial charge on any atom is 0.414 e. The van der Waals surface area contributed by atoms with Crippen LogP contribution >= 0.6 is 0 Å². The maximum absolute atomic E-state index is 13.1. The SMILES string of the molecule is CC(=O)NC[C@H]1CN(c2ccc3c(c2)CCC/C(=C\c2cccn2C)C3=O)C(=O)O1. The molecule has 1 aromatic carbocycles. The number of hydrogen-bond acceptors (Lipinski definition) is 4. The van der Waals surface area contributed by atoms with Crippen LogP contribution in [-0.2, 0) is 23.0 Å². The number of amides is 2. The highest BCUT2D eigenvalue weighted by molar-refractivity contribution is 6.12. The average molecular weight is 407 g/mol. The molecular formula is C23H25N3O4. The van der Waals surface area contributed by atoms with Crippen LogP contribution in [0.2, 0.25) is 0 Å². The van der Waals surface area contributed by atoms with Crippen LogP contribution in [0.3, 0.4) is 0 Å². The third-order valence-electron chi connectivity index (χ3n) is 5.59. The van der Waals surface area contributed by atoms with Crippen molar-refractivity contribution in [2.45, 2.75) is 32.3 Å². The topological polar surface area (TPSA) is 80.6 Å². The largest absolute Gasteiger partial charge is 0.442 e. The van der Waals surface area contributed by atoms with Gasteiger partial charge in [-0.3, -0.25) is 14.5 Å². The van der Waals surface area contributed by atoms with Gasteiger partial charge in [0.05, 0.1) is 13.1 Å². The first kappa shape index (κ1) is 19.9. The standard InChI is InChI=1S/C23H25N3O4/c1-15(27)24-13-20-14-26(23(29)30-20)19-8-9-21-16(11-19)5-3-6-17(22(21)28)12-18-7-4-10-25(18)2/h4,7-12,20H,3,5-6,13-14H2,1-2H3,(H,24,27)/b17-12+/t20-/m0/s1. The monoisotopic (exact) mass is 407 g/mol. The van der Waals surface area contributed by atoms with Crippen LogP contribution < -0.4 is 10.2 Å². The summed E-state index contributed by atoms with van der Waals surface area (Å²) in [5.74, 6) is -0.116. The van der Waals surface area contributed by atoms with Crippen molar-refractivity contribution in [1.29, 1.82) is 0 Å². The molecule has 156 valence electrons. The number of carbonyl (C=O) groups is 3. The van der Waals surface area contributed by atoms with Crippen molar-refractivity contribution in [3.05, 3.63) is 58.9 Å². The van der Waals surface area contributed by atoms with Crippen LogP contribution in [0.1, 0.15) is 41.4 Å². The third kappa shape index (κ3) is 4.01. The molecule has 4 rings (SSSR count). The van der Waals surface area contributed by atoms with E-state index in [-0.39, 0.29) is 24.3 Å². The van der Waals surface area contributed by atoms with E-state index in [1.807, 2.05) is 48.2 Å². The van der Waals surface area contributed by atoms with E-state index < -0.39 is 6.09 Å². The number of nitrogens with one attached hydrogen (secondary N) is 1. The Bertz CT molecular complexity index is 1040. The van der Waals surface area contributed by atoms with E-state index in [4.69, 9.17) is 4.74 Å². The summed E-state index contributed by atoms with van der Waals surface area (Å²) in [6, 6.07) is 9.48. The molecule has 7 heteroatoms. The highest BCUT2D eigenvalue weighted by Gasteiger charge is 2.33. The lowest BCUT2D eigenvalue weighted by Gasteiger charge is -2.16. The summed E-state index contributed by atoms with van der Waals surface area (Å²) in [6.45, 7) is 2.08. The van der Waals surface area contributed by atoms with E-state index in [0.29, 0.717) is 17.8 Å². The van der Waals surface area contributed by atoms with Crippen molar-refractivity contribution in [2.24, 2.45) is 7.05 Å². The lowest BCUT2D eigenvalue weighted by molar-refractivity contribution is -0.119. The highest BCUT2D eigenvalue weighted by Crippen LogP contribution is 2.30. The number of cyclic esters (lactones) is 1. The lowest BCUT2D eigenvalue weighted by Crippen LogP contribution is -2.33. The van der Waals surface area contributed by atoms with Gasteiger partial charge in [0.2, 0.25) is 5.91 Å². The Balaban J connectivity index is 1.56. The molecule has 1 aromatic heterocycles. The zero-order chi connectivity index (χ0) is 21.3. The number of benzene rings is 1. The van der Waals surface area contributed by atoms with E-state index in [1.165, 1.54) is 6.92 Å². The lowest BCUT2D eigenvalue weighted by atomic mass is 9.98. The maximum atomic E-state index is 13.1. The van der Waals surface area contributed by atoms with Gasteiger partial charge in [0.15, 0.2) is 5.78 Å². The van der Waals surface area contributed by atoms with E-state index in [0.717, 1.165) is 36.1 Å². The second kappa shape index (κ2) is 8.18. The predicted octanol–water partition coefficient (Wildman–Crippen LogP) is 3.09. The van der Waals surface area contributed by atoms with Gasteiger partial charge in [-0.2, -0.15) is 0 Å². The van der Waals surface area contributed by atoms with Gasteiger partial charge >= 0.3 is 6.09 Å². The molecule has 0 unspecified atom stereocenters. The molecule has 0 saturated carbocycles. The summed E-state index contributed by atoms with van der Waals surface area (Å²) in [6.07, 6.45) is 5.47. The van der Waals surface area contributed by atoms with Gasteiger partial charge in [0.25, 0.3) is 0 Å². The Morgan fingerprint density at radius 3 is 2.83 bits per heavy atom. The molecule has 1 atom stereocenters. The number of allylic oxidation sites excluding steroid dienone is 1. The summed E-state index contributed by atoms with van der Waals surface area (Å²) in [5.41, 5.74) is 4.17. The molecule has 0 radical (unpaired) electrons. The Labute approximate surface area is 175 Å². The molecule has 1 N–H and O–H groups in total. The Morgan fingerprint density at radius 1 is 1.27 bits per heavy atom. The summed E-state index contributed by atoms with van der Waals surface area (Å²) >= 11 is 0. The number of rotatable bonds is 4. The second-order valence-electron chi connectivity index (χ2n) is 7.79. The van der Waals surface area contributed by atoms with Crippen molar-refractivity contribution in [3.63, 3.8) is 0 Å². The predicted molar refractivity (Wildman–Crippen MR) is 113 cm³/mol. The number of nitrogens with zero attached hydrogens (tertiary/aromatic N) is 2. The number of ketones is 1. The number of fused-ring (bicyclic) bond motifs is 1. The van der Waals surface area contributed by atoms with Gasteiger partial charge in [-0.25, -0.2) is 4.79 Å². The van der Waals surface area contributed by atoms with Gasteiger partial charge < -0.3 is 14.6 Å². The molecular weight excluding hydrogens is 382 g/mol. The van der Waals surface area contributed by atoms with Gasteiger partial charge in [-0.1, -0.05) is 0 Å². The second-order valence-corrected chi connectivity index (χ2v) is 7.79. The van der Waals surface area contributed by atoms with Crippen LogP contribution in [0.15, 0.2) is 42.1 Å². The summed E-state index contributed by atoms with van der Waals surface area (Å²) in [7, 11) is 1.96. The minimum Gasteiger partial charge on any atom is -0.442 e. The fraction of sp³-hybridized carbons (Fsp3) is 0.348. The van der Waals surface area contributed by atoms with Crippen molar-refractivity contribution in [3.8, 4) is 0 Å². The number of ether oxygens (including phenoxy) is 1. The average Bonchev–Trinajstić information content (AvgIpc) is 3.25. The number of hydrogen-bond donors (Lipinski definition) is 1. The molecule has 0 spiro atoms. The Hall–Kier alpha value is -3.35. The molecule has 1 saturated heterocycles. The summed E-state index contributed by atoms with van der Waals surface area (Å²) in [4.78, 5) is 38.1. The van der Waals surface area contributed by atoms with Crippen LogP contribution in [0.25, 0.3) is 6.08 Å². The van der Waals surface area contributed by atoms with Crippen molar-refractivity contribution < 1.29 is 19.1 Å². The van der Waals surface area contributed by atoms with E-state index in [9.17, 15) is 14.4 Å². The number of Topliss-reactive ketones (excluding diaryl/α,β-unsaturated/α-hetero) is 1. The van der Waals surface area contributed by atoms with Crippen LogP contribution in [-0.4, -0.2) is 41.5 Å². The smallest absolute Gasteiger partial charge is 0.414 e. The first-order valence-electron chi connectivity index (χ1n) is 10.1. The molecule has 30 heavy (non-hydrogen) atoms. The van der Waals surface area contributed by atoms with Gasteiger partial charge in [0.1, 0.15) is 6.10 Å². The summed E-state index contributed by atoms with van der Waals surface area (Å²) in [5, 5.41) is 2.68. The fourth-order valence-electron chi connectivity index (χ4n) is 3.97. The molecule has 1 aliphatic carbocycles. The normalized spacial score (nSPS) is 20.1. The first-order valence-corrected chi connectivity index (χ1v) is 10.1. The Kier molecular flexibility index (Phi) is 5.44. The third-order valence-corrected chi connectivity index (χ3v) is 5.59. The zero-order valence-electron chi connectivity index (χ0n) is 17.2. The summed E-state index contributed by atoms with van der Waals surface area (Å²) < 4.78 is 7.34. The van der Waals surface area contributed by atoms with Gasteiger partial charge in [0, 0.05) is 42.7 Å². The van der Waals surface area contributed by atoms with E-state index in [1.54, 1.807) is 11.0 Å². The molecule has 0 bridgehead atoms. The molecule has 7 nitrogen and oxygen atoms in total. The fourth-order valence-corrected chi connectivity index (χ4v) is 3.97. The van der Waals surface area contributed by atoms with Crippen molar-refractivity contribution in [2.75, 3.05) is 18.0 Å². The number of anilines is 1. The van der Waals surface area contributed by atoms with Crippen molar-refractivity contribution in [1.82, 2.24) is 9.88 Å². The number of aromatic nitrogens is 1. The first-order chi connectivity index (χ1) is 14.4. The highest BCUT2D eigenvalue weighted by atomic mass is 16.6. The molecule has 2 aliphatic rings. The molecule has 2 heterocycles. The van der Waals surface area contributed by atoms with Gasteiger partial charge in [-0.15, -0.1) is 0 Å².